The summed E-state index contributed by atoms with van der Waals surface area (Å²) >= 11 is 0. The molecule has 0 aromatic heterocycles. The average Bonchev–Trinajstić information content (AvgIpc) is 3.89. The van der Waals surface area contributed by atoms with Crippen LogP contribution in [0.2, 0.25) is 0 Å². The van der Waals surface area contributed by atoms with E-state index >= 15 is 0 Å². The quantitative estimate of drug-likeness (QED) is 0.132. The van der Waals surface area contributed by atoms with Crippen LogP contribution in [0.4, 0.5) is 51.2 Å². The highest BCUT2D eigenvalue weighted by atomic mass is 15.2. The standard InChI is InChI=1S/C72H62N4/c1-71(2)67-26-16-14-24-63(67)65-48-61(44-46-69(65)71)75(58-38-32-53(33-39-58)73-52-18-8-5-9-19-52)56-34-28-50(29-35-56)51-30-36-57(37-31-51)76(62-45-47-70-66(49-62)64-25-15-17-27-68(64)72(70,3)4)60-42-40-59(41-43-60)74(54-20-10-6-11-21-54)55-22-12-7-13-23-55/h5-8,10-18,20-44,46-49,62,73H,9,19,45H2,1-4H3. The summed E-state index contributed by atoms with van der Waals surface area (Å²) in [4.78, 5) is 7.27. The fraction of sp³-hybridized carbons (Fsp3) is 0.139. The Hall–Kier alpha value is -8.86. The van der Waals surface area contributed by atoms with E-state index < -0.39 is 0 Å². The highest BCUT2D eigenvalue weighted by Crippen LogP contribution is 2.53. The van der Waals surface area contributed by atoms with Crippen molar-refractivity contribution in [2.75, 3.05) is 20.0 Å². The molecule has 370 valence electrons. The van der Waals surface area contributed by atoms with E-state index in [1.807, 2.05) is 0 Å². The Balaban J connectivity index is 0.846. The van der Waals surface area contributed by atoms with Crippen molar-refractivity contribution < 1.29 is 0 Å². The van der Waals surface area contributed by atoms with Crippen molar-refractivity contribution in [1.82, 2.24) is 0 Å². The van der Waals surface area contributed by atoms with Crippen LogP contribution in [0.25, 0.3) is 27.8 Å². The summed E-state index contributed by atoms with van der Waals surface area (Å²) in [6.45, 7) is 9.45. The summed E-state index contributed by atoms with van der Waals surface area (Å²) < 4.78 is 0. The SMILES string of the molecule is CC1(C)C2=CCC(N(c3ccc(-c4ccc(N(c5ccc(NC6=CC=CCC6)cc5)c5ccc6c(c5)-c5ccccc5C6(C)C)cc4)cc3)c3ccc(N(c4ccccc4)c4ccccc4)cc3)C=C2c2ccccc21. The van der Waals surface area contributed by atoms with Crippen LogP contribution in [0.5, 0.6) is 0 Å². The van der Waals surface area contributed by atoms with Gasteiger partial charge in [0.15, 0.2) is 0 Å². The maximum absolute atomic E-state index is 3.66. The number of benzene rings is 9. The summed E-state index contributed by atoms with van der Waals surface area (Å²) in [6, 6.07) is 82.7. The van der Waals surface area contributed by atoms with Crippen molar-refractivity contribution in [3.63, 3.8) is 0 Å². The number of para-hydroxylation sites is 2. The third-order valence-electron chi connectivity index (χ3n) is 16.4. The zero-order chi connectivity index (χ0) is 51.4. The van der Waals surface area contributed by atoms with E-state index in [4.69, 9.17) is 0 Å². The Morgan fingerprint density at radius 3 is 1.51 bits per heavy atom. The van der Waals surface area contributed by atoms with Crippen LogP contribution in [-0.4, -0.2) is 6.04 Å². The van der Waals surface area contributed by atoms with Crippen LogP contribution in [-0.2, 0) is 10.8 Å². The number of hydrogen-bond acceptors (Lipinski definition) is 4. The van der Waals surface area contributed by atoms with Crippen molar-refractivity contribution in [3.05, 3.63) is 288 Å². The van der Waals surface area contributed by atoms with Gasteiger partial charge in [-0.3, -0.25) is 0 Å². The third-order valence-corrected chi connectivity index (χ3v) is 16.4. The summed E-state index contributed by atoms with van der Waals surface area (Å²) in [7, 11) is 0. The molecular weight excluding hydrogens is 921 g/mol. The van der Waals surface area contributed by atoms with Crippen LogP contribution in [0.3, 0.4) is 0 Å². The van der Waals surface area contributed by atoms with Gasteiger partial charge < -0.3 is 20.0 Å². The molecule has 0 heterocycles. The molecule has 1 unspecified atom stereocenters. The molecule has 0 amide bonds. The van der Waals surface area contributed by atoms with Gasteiger partial charge >= 0.3 is 0 Å². The second-order valence-corrected chi connectivity index (χ2v) is 21.7. The smallest absolute Gasteiger partial charge is 0.0566 e. The molecule has 0 fully saturated rings. The number of nitrogens with zero attached hydrogens (tertiary/aromatic N) is 3. The fourth-order valence-corrected chi connectivity index (χ4v) is 12.5. The number of nitrogens with one attached hydrogen (secondary N) is 1. The van der Waals surface area contributed by atoms with Gasteiger partial charge in [0.25, 0.3) is 0 Å². The van der Waals surface area contributed by atoms with Crippen LogP contribution >= 0.6 is 0 Å². The Morgan fingerprint density at radius 2 is 0.908 bits per heavy atom. The molecule has 9 aromatic rings. The van der Waals surface area contributed by atoms with Crippen LogP contribution in [0, 0.1) is 0 Å². The lowest BCUT2D eigenvalue weighted by Gasteiger charge is -2.35. The van der Waals surface area contributed by atoms with Gasteiger partial charge in [-0.05, 0) is 190 Å². The predicted octanol–water partition coefficient (Wildman–Crippen LogP) is 19.5. The number of anilines is 9. The summed E-state index contributed by atoms with van der Waals surface area (Å²) in [5.41, 5.74) is 24.5. The summed E-state index contributed by atoms with van der Waals surface area (Å²) in [5, 5.41) is 3.66. The normalized spacial score (nSPS) is 16.3. The molecule has 0 aliphatic heterocycles. The molecule has 0 bridgehead atoms. The Kier molecular flexibility index (Phi) is 11.8. The highest BCUT2D eigenvalue weighted by molar-refractivity contribution is 5.92. The van der Waals surface area contributed by atoms with Gasteiger partial charge in [0.2, 0.25) is 0 Å². The van der Waals surface area contributed by atoms with E-state index in [2.05, 4.69) is 303 Å². The van der Waals surface area contributed by atoms with Crippen LogP contribution in [0.1, 0.15) is 69.2 Å². The summed E-state index contributed by atoms with van der Waals surface area (Å²) in [6.07, 6.45) is 14.6. The molecule has 4 heteroatoms. The first kappa shape index (κ1) is 46.9. The first-order chi connectivity index (χ1) is 37.2. The molecule has 1 N–H and O–H groups in total. The summed E-state index contributed by atoms with van der Waals surface area (Å²) in [5.74, 6) is 0. The molecule has 9 aromatic carbocycles. The lowest BCUT2D eigenvalue weighted by molar-refractivity contribution is 0.648. The monoisotopic (exact) mass is 982 g/mol. The molecule has 4 aliphatic rings. The molecule has 13 rings (SSSR count). The minimum Gasteiger partial charge on any atom is -0.359 e. The van der Waals surface area contributed by atoms with Gasteiger partial charge in [-0.15, -0.1) is 0 Å². The molecule has 0 saturated carbocycles. The van der Waals surface area contributed by atoms with E-state index in [1.165, 1.54) is 61.4 Å². The zero-order valence-electron chi connectivity index (χ0n) is 43.8. The van der Waals surface area contributed by atoms with Crippen molar-refractivity contribution >= 4 is 56.8 Å². The molecule has 1 atom stereocenters. The second kappa shape index (κ2) is 19.1. The molecular formula is C72H62N4. The van der Waals surface area contributed by atoms with E-state index in [0.717, 1.165) is 70.4 Å². The molecule has 4 nitrogen and oxygen atoms in total. The largest absolute Gasteiger partial charge is 0.359 e. The van der Waals surface area contributed by atoms with Gasteiger partial charge in [0, 0.05) is 67.7 Å². The van der Waals surface area contributed by atoms with Gasteiger partial charge in [-0.2, -0.15) is 0 Å². The highest BCUT2D eigenvalue weighted by Gasteiger charge is 2.40. The number of hydrogen-bond donors (Lipinski definition) is 1. The molecule has 0 radical (unpaired) electrons. The van der Waals surface area contributed by atoms with E-state index in [1.54, 1.807) is 0 Å². The first-order valence-corrected chi connectivity index (χ1v) is 27.0. The second-order valence-electron chi connectivity index (χ2n) is 21.7. The number of rotatable bonds is 12. The van der Waals surface area contributed by atoms with E-state index in [9.17, 15) is 0 Å². The Bertz CT molecular complexity index is 3690. The van der Waals surface area contributed by atoms with E-state index in [-0.39, 0.29) is 16.9 Å². The molecule has 0 saturated heterocycles. The topological polar surface area (TPSA) is 21.8 Å². The van der Waals surface area contributed by atoms with Crippen molar-refractivity contribution in [3.8, 4) is 22.3 Å². The number of fused-ring (bicyclic) bond motifs is 6. The molecule has 76 heavy (non-hydrogen) atoms. The average molecular weight is 983 g/mol. The fourth-order valence-electron chi connectivity index (χ4n) is 12.5. The predicted molar refractivity (Wildman–Crippen MR) is 321 cm³/mol. The lowest BCUT2D eigenvalue weighted by atomic mass is 9.80. The van der Waals surface area contributed by atoms with Gasteiger partial charge in [-0.1, -0.05) is 167 Å². The van der Waals surface area contributed by atoms with Crippen molar-refractivity contribution in [2.45, 2.75) is 63.8 Å². The minimum absolute atomic E-state index is 0.0381. The minimum atomic E-state index is -0.0644. The van der Waals surface area contributed by atoms with E-state index in [0.29, 0.717) is 0 Å². The van der Waals surface area contributed by atoms with Crippen LogP contribution < -0.4 is 20.0 Å². The number of allylic oxidation sites excluding steroid dienone is 6. The van der Waals surface area contributed by atoms with Crippen molar-refractivity contribution in [1.29, 1.82) is 0 Å². The zero-order valence-corrected chi connectivity index (χ0v) is 43.8. The van der Waals surface area contributed by atoms with Crippen LogP contribution in [0.15, 0.2) is 266 Å². The first-order valence-electron chi connectivity index (χ1n) is 27.0. The third kappa shape index (κ3) is 8.35. The maximum atomic E-state index is 3.66. The van der Waals surface area contributed by atoms with Gasteiger partial charge in [0.1, 0.15) is 0 Å². The maximum Gasteiger partial charge on any atom is 0.0566 e. The van der Waals surface area contributed by atoms with Gasteiger partial charge in [-0.25, -0.2) is 0 Å². The molecule has 0 spiro atoms. The molecule has 4 aliphatic carbocycles. The van der Waals surface area contributed by atoms with Crippen molar-refractivity contribution in [2.24, 2.45) is 0 Å². The van der Waals surface area contributed by atoms with Gasteiger partial charge in [0.05, 0.1) is 6.04 Å². The Labute approximate surface area is 449 Å². The lowest BCUT2D eigenvalue weighted by Crippen LogP contribution is -2.31. The Morgan fingerprint density at radius 1 is 0.434 bits per heavy atom.